The highest BCUT2D eigenvalue weighted by atomic mass is 16.3. The van der Waals surface area contributed by atoms with Crippen LogP contribution in [0.25, 0.3) is 22.3 Å². The first-order chi connectivity index (χ1) is 11.8. The van der Waals surface area contributed by atoms with Crippen LogP contribution in [-0.4, -0.2) is 31.1 Å². The van der Waals surface area contributed by atoms with Crippen molar-refractivity contribution in [2.24, 2.45) is 0 Å². The van der Waals surface area contributed by atoms with Crippen molar-refractivity contribution in [2.45, 2.75) is 20.4 Å². The number of fused-ring (bicyclic) bond motifs is 1. The van der Waals surface area contributed by atoms with Crippen molar-refractivity contribution in [3.8, 4) is 11.3 Å². The van der Waals surface area contributed by atoms with Gasteiger partial charge in [0.1, 0.15) is 11.3 Å². The molecule has 24 heavy (non-hydrogen) atoms. The lowest BCUT2D eigenvalue weighted by Crippen LogP contribution is -2.31. The zero-order valence-electron chi connectivity index (χ0n) is 14.6. The van der Waals surface area contributed by atoms with Crippen LogP contribution in [0.5, 0.6) is 0 Å². The zero-order valence-corrected chi connectivity index (χ0v) is 14.6. The summed E-state index contributed by atoms with van der Waals surface area (Å²) in [4.78, 5) is 2.43. The van der Waals surface area contributed by atoms with E-state index in [1.807, 2.05) is 18.2 Å². The Balaban J connectivity index is 1.71. The van der Waals surface area contributed by atoms with Gasteiger partial charge in [-0.15, -0.1) is 0 Å². The summed E-state index contributed by atoms with van der Waals surface area (Å²) < 4.78 is 6.04. The quantitative estimate of drug-likeness (QED) is 0.618. The number of hydrogen-bond donors (Lipinski definition) is 1. The average Bonchev–Trinajstić information content (AvgIpc) is 3.06. The Morgan fingerprint density at radius 2 is 1.71 bits per heavy atom. The summed E-state index contributed by atoms with van der Waals surface area (Å²) in [5.41, 5.74) is 3.39. The number of nitrogens with one attached hydrogen (secondary N) is 1. The Labute approximate surface area is 144 Å². The fourth-order valence-electron chi connectivity index (χ4n) is 3.03. The Kier molecular flexibility index (Phi) is 5.68. The van der Waals surface area contributed by atoms with Gasteiger partial charge in [0.2, 0.25) is 0 Å². The molecule has 2 aromatic carbocycles. The summed E-state index contributed by atoms with van der Waals surface area (Å²) in [6, 6.07) is 18.8. The highest BCUT2D eigenvalue weighted by molar-refractivity contribution is 5.83. The summed E-state index contributed by atoms with van der Waals surface area (Å²) in [7, 11) is 0. The lowest BCUT2D eigenvalue weighted by molar-refractivity contribution is 0.302. The molecule has 0 fully saturated rings. The van der Waals surface area contributed by atoms with Gasteiger partial charge in [0.05, 0.1) is 0 Å². The van der Waals surface area contributed by atoms with Crippen LogP contribution in [-0.2, 0) is 6.54 Å². The van der Waals surface area contributed by atoms with E-state index in [4.69, 9.17) is 4.42 Å². The number of nitrogens with zero attached hydrogens (tertiary/aromatic N) is 1. The van der Waals surface area contributed by atoms with Crippen molar-refractivity contribution in [3.05, 3.63) is 60.2 Å². The molecular formula is C21H26N2O. The summed E-state index contributed by atoms with van der Waals surface area (Å²) in [6.07, 6.45) is 0. The molecule has 1 heterocycles. The van der Waals surface area contributed by atoms with Gasteiger partial charge in [-0.2, -0.15) is 0 Å². The second kappa shape index (κ2) is 8.13. The molecule has 0 bridgehead atoms. The molecule has 0 atom stereocenters. The zero-order chi connectivity index (χ0) is 16.8. The van der Waals surface area contributed by atoms with E-state index in [1.54, 1.807) is 0 Å². The minimum Gasteiger partial charge on any atom is -0.456 e. The van der Waals surface area contributed by atoms with Gasteiger partial charge in [-0.3, -0.25) is 0 Å². The fraction of sp³-hybridized carbons (Fsp3) is 0.333. The van der Waals surface area contributed by atoms with Crippen molar-refractivity contribution in [2.75, 3.05) is 26.2 Å². The number of likely N-dealkylation sites (N-methyl/N-ethyl adjacent to an activating group) is 1. The third-order valence-corrected chi connectivity index (χ3v) is 4.52. The Morgan fingerprint density at radius 3 is 2.50 bits per heavy atom. The molecule has 3 heteroatoms. The number of furan rings is 1. The largest absolute Gasteiger partial charge is 0.456 e. The first kappa shape index (κ1) is 16.7. The average molecular weight is 322 g/mol. The van der Waals surface area contributed by atoms with Gasteiger partial charge in [-0.1, -0.05) is 56.3 Å². The van der Waals surface area contributed by atoms with Crippen molar-refractivity contribution >= 4 is 11.0 Å². The fourth-order valence-corrected chi connectivity index (χ4v) is 3.03. The molecule has 3 aromatic rings. The van der Waals surface area contributed by atoms with Gasteiger partial charge >= 0.3 is 0 Å². The number of hydrogen-bond acceptors (Lipinski definition) is 3. The highest BCUT2D eigenvalue weighted by Crippen LogP contribution is 2.29. The summed E-state index contributed by atoms with van der Waals surface area (Å²) in [5, 5.41) is 4.71. The van der Waals surface area contributed by atoms with E-state index in [-0.39, 0.29) is 0 Å². The molecule has 3 nitrogen and oxygen atoms in total. The van der Waals surface area contributed by atoms with E-state index < -0.39 is 0 Å². The lowest BCUT2D eigenvalue weighted by atomic mass is 10.0. The van der Waals surface area contributed by atoms with Crippen LogP contribution in [0.15, 0.2) is 59.0 Å². The van der Waals surface area contributed by atoms with Gasteiger partial charge in [0.25, 0.3) is 0 Å². The third-order valence-electron chi connectivity index (χ3n) is 4.52. The second-order valence-corrected chi connectivity index (χ2v) is 6.01. The molecule has 126 valence electrons. The Morgan fingerprint density at radius 1 is 0.958 bits per heavy atom. The van der Waals surface area contributed by atoms with E-state index in [0.29, 0.717) is 0 Å². The summed E-state index contributed by atoms with van der Waals surface area (Å²) in [6.45, 7) is 9.56. The van der Waals surface area contributed by atoms with Crippen LogP contribution >= 0.6 is 0 Å². The first-order valence-electron chi connectivity index (χ1n) is 8.81. The molecule has 0 spiro atoms. The maximum atomic E-state index is 6.04. The van der Waals surface area contributed by atoms with Crippen molar-refractivity contribution in [1.29, 1.82) is 0 Å². The van der Waals surface area contributed by atoms with E-state index in [1.165, 1.54) is 11.1 Å². The summed E-state index contributed by atoms with van der Waals surface area (Å²) in [5.74, 6) is 0.942. The van der Waals surface area contributed by atoms with Crippen LogP contribution in [0.4, 0.5) is 0 Å². The minimum absolute atomic E-state index is 0.856. The molecule has 1 N–H and O–H groups in total. The van der Waals surface area contributed by atoms with Gasteiger partial charge in [-0.05, 0) is 30.8 Å². The normalized spacial score (nSPS) is 11.5. The predicted octanol–water partition coefficient (Wildman–Crippen LogP) is 4.53. The van der Waals surface area contributed by atoms with E-state index >= 15 is 0 Å². The number of benzene rings is 2. The predicted molar refractivity (Wildman–Crippen MR) is 101 cm³/mol. The topological polar surface area (TPSA) is 28.4 Å². The van der Waals surface area contributed by atoms with Gasteiger partial charge < -0.3 is 14.6 Å². The summed E-state index contributed by atoms with van der Waals surface area (Å²) >= 11 is 0. The Bertz CT molecular complexity index is 741. The SMILES string of the molecule is CCN(CC)CCNCc1ccccc1-c1cc2ccccc2o1. The standard InChI is InChI=1S/C21H26N2O/c1-3-23(4-2)14-13-22-16-18-10-5-7-11-19(18)21-15-17-9-6-8-12-20(17)24-21/h5-12,15,22H,3-4,13-14,16H2,1-2H3. The van der Waals surface area contributed by atoms with Crippen LogP contribution < -0.4 is 5.32 Å². The minimum atomic E-state index is 0.856. The molecule has 0 unspecified atom stereocenters. The van der Waals surface area contributed by atoms with Crippen LogP contribution in [0.2, 0.25) is 0 Å². The maximum absolute atomic E-state index is 6.04. The lowest BCUT2D eigenvalue weighted by Gasteiger charge is -2.18. The molecule has 0 aliphatic rings. The Hall–Kier alpha value is -2.10. The molecular weight excluding hydrogens is 296 g/mol. The van der Waals surface area contributed by atoms with Crippen LogP contribution in [0.1, 0.15) is 19.4 Å². The second-order valence-electron chi connectivity index (χ2n) is 6.01. The molecule has 0 radical (unpaired) electrons. The molecule has 0 aliphatic heterocycles. The maximum Gasteiger partial charge on any atom is 0.135 e. The number of para-hydroxylation sites is 1. The highest BCUT2D eigenvalue weighted by Gasteiger charge is 2.10. The van der Waals surface area contributed by atoms with Crippen LogP contribution in [0, 0.1) is 0 Å². The number of rotatable bonds is 8. The smallest absolute Gasteiger partial charge is 0.135 e. The van der Waals surface area contributed by atoms with Crippen LogP contribution in [0.3, 0.4) is 0 Å². The van der Waals surface area contributed by atoms with E-state index in [2.05, 4.69) is 60.5 Å². The molecule has 0 saturated carbocycles. The molecule has 0 saturated heterocycles. The molecule has 3 rings (SSSR count). The van der Waals surface area contributed by atoms with E-state index in [9.17, 15) is 0 Å². The van der Waals surface area contributed by atoms with Crippen molar-refractivity contribution < 1.29 is 4.42 Å². The van der Waals surface area contributed by atoms with E-state index in [0.717, 1.165) is 49.5 Å². The first-order valence-corrected chi connectivity index (χ1v) is 8.81. The monoisotopic (exact) mass is 322 g/mol. The molecule has 1 aromatic heterocycles. The van der Waals surface area contributed by atoms with Gasteiger partial charge in [0, 0.05) is 30.6 Å². The molecule has 0 amide bonds. The van der Waals surface area contributed by atoms with Crippen molar-refractivity contribution in [3.63, 3.8) is 0 Å². The van der Waals surface area contributed by atoms with Crippen molar-refractivity contribution in [1.82, 2.24) is 10.2 Å². The van der Waals surface area contributed by atoms with Gasteiger partial charge in [0.15, 0.2) is 0 Å². The third kappa shape index (κ3) is 3.86. The van der Waals surface area contributed by atoms with Gasteiger partial charge in [-0.25, -0.2) is 0 Å². The molecule has 0 aliphatic carbocycles.